The third-order valence-electron chi connectivity index (χ3n) is 5.84. The van der Waals surface area contributed by atoms with Gasteiger partial charge in [0, 0.05) is 38.6 Å². The van der Waals surface area contributed by atoms with Crippen molar-refractivity contribution in [1.82, 2.24) is 15.5 Å². The van der Waals surface area contributed by atoms with Crippen molar-refractivity contribution < 1.29 is 14.3 Å². The van der Waals surface area contributed by atoms with E-state index >= 15 is 0 Å². The molecule has 1 heterocycles. The Morgan fingerprint density at radius 2 is 2.00 bits per heavy atom. The van der Waals surface area contributed by atoms with Gasteiger partial charge in [0.05, 0.1) is 13.2 Å². The minimum absolute atomic E-state index is 0.0388. The second-order valence-electron chi connectivity index (χ2n) is 8.50. The van der Waals surface area contributed by atoms with Gasteiger partial charge in [-0.25, -0.2) is 0 Å². The molecule has 7 heteroatoms. The number of carbonyl (C=O) groups excluding carboxylic acids is 1. The number of rotatable bonds is 7. The zero-order valence-electron chi connectivity index (χ0n) is 18.7. The summed E-state index contributed by atoms with van der Waals surface area (Å²) in [7, 11) is 3.44. The van der Waals surface area contributed by atoms with Gasteiger partial charge in [0.2, 0.25) is 5.91 Å². The van der Waals surface area contributed by atoms with Crippen molar-refractivity contribution in [1.29, 1.82) is 0 Å². The Kier molecular flexibility index (Phi) is 7.82. The summed E-state index contributed by atoms with van der Waals surface area (Å²) in [6, 6.07) is 6.27. The Bertz CT molecular complexity index is 744. The highest BCUT2D eigenvalue weighted by Crippen LogP contribution is 2.32. The molecule has 0 bridgehead atoms. The smallest absolute Gasteiger partial charge is 0.225 e. The van der Waals surface area contributed by atoms with E-state index in [1.807, 2.05) is 30.9 Å². The Morgan fingerprint density at radius 1 is 1.23 bits per heavy atom. The zero-order valence-corrected chi connectivity index (χ0v) is 18.7. The first-order valence-corrected chi connectivity index (χ1v) is 11.1. The van der Waals surface area contributed by atoms with Gasteiger partial charge in [0.15, 0.2) is 17.5 Å². The van der Waals surface area contributed by atoms with Crippen molar-refractivity contribution in [3.05, 3.63) is 23.8 Å². The number of guanidine groups is 1. The highest BCUT2D eigenvalue weighted by atomic mass is 16.5. The minimum atomic E-state index is 0.0388. The third kappa shape index (κ3) is 5.80. The molecule has 0 aromatic heterocycles. The van der Waals surface area contributed by atoms with Crippen molar-refractivity contribution in [2.75, 3.05) is 27.2 Å². The second-order valence-corrected chi connectivity index (χ2v) is 8.50. The average molecular weight is 417 g/mol. The molecular formula is C23H36N4O3. The number of likely N-dealkylation sites (tertiary alicyclic amines) is 1. The third-order valence-corrected chi connectivity index (χ3v) is 5.84. The maximum atomic E-state index is 12.2. The molecule has 1 aromatic rings. The summed E-state index contributed by atoms with van der Waals surface area (Å²) >= 11 is 0. The summed E-state index contributed by atoms with van der Waals surface area (Å²) in [6.45, 7) is 6.05. The van der Waals surface area contributed by atoms with Gasteiger partial charge >= 0.3 is 0 Å². The van der Waals surface area contributed by atoms with Gasteiger partial charge in [0.25, 0.3) is 0 Å². The topological polar surface area (TPSA) is 75.2 Å². The van der Waals surface area contributed by atoms with Crippen molar-refractivity contribution in [3.8, 4) is 11.5 Å². The highest BCUT2D eigenvalue weighted by molar-refractivity contribution is 5.81. The molecule has 3 rings (SSSR count). The van der Waals surface area contributed by atoms with Crippen molar-refractivity contribution in [2.45, 2.75) is 64.6 Å². The Labute approximate surface area is 180 Å². The molecule has 1 amide bonds. The molecule has 0 radical (unpaired) electrons. The number of ether oxygens (including phenoxy) is 2. The Hall–Kier alpha value is -2.44. The summed E-state index contributed by atoms with van der Waals surface area (Å²) in [4.78, 5) is 18.5. The van der Waals surface area contributed by atoms with Crippen LogP contribution in [0.1, 0.15) is 51.5 Å². The molecule has 2 fully saturated rings. The molecule has 1 aromatic carbocycles. The summed E-state index contributed by atoms with van der Waals surface area (Å²) in [5.74, 6) is 2.58. The van der Waals surface area contributed by atoms with Gasteiger partial charge in [-0.3, -0.25) is 9.79 Å². The Morgan fingerprint density at radius 3 is 2.67 bits per heavy atom. The molecule has 1 unspecified atom stereocenters. The molecule has 0 spiro atoms. The fourth-order valence-corrected chi connectivity index (χ4v) is 4.13. The summed E-state index contributed by atoms with van der Waals surface area (Å²) in [5, 5.41) is 6.82. The molecule has 1 aliphatic heterocycles. The number of aliphatic imine (C=N–C) groups is 1. The van der Waals surface area contributed by atoms with E-state index in [0.717, 1.165) is 55.4 Å². The van der Waals surface area contributed by atoms with Gasteiger partial charge in [-0.05, 0) is 49.8 Å². The summed E-state index contributed by atoms with van der Waals surface area (Å²) in [5.41, 5.74) is 1.11. The molecule has 1 aliphatic carbocycles. The molecule has 30 heavy (non-hydrogen) atoms. The largest absolute Gasteiger partial charge is 0.493 e. The van der Waals surface area contributed by atoms with Crippen LogP contribution in [0.25, 0.3) is 0 Å². The fraction of sp³-hybridized carbons (Fsp3) is 0.652. The zero-order chi connectivity index (χ0) is 21.5. The molecule has 2 N–H and O–H groups in total. The molecule has 1 saturated carbocycles. The molecule has 2 aliphatic rings. The van der Waals surface area contributed by atoms with Crippen LogP contribution in [0.2, 0.25) is 0 Å². The normalized spacial score (nSPS) is 20.0. The van der Waals surface area contributed by atoms with Gasteiger partial charge in [-0.2, -0.15) is 0 Å². The van der Waals surface area contributed by atoms with Crippen LogP contribution < -0.4 is 20.1 Å². The number of benzene rings is 1. The SMILES string of the molecule is CN=C(NCc1ccc(OC)c(OC2CCCC2)c1)NC1CCN(C(=O)C(C)C)C1. The van der Waals surface area contributed by atoms with E-state index in [1.165, 1.54) is 12.8 Å². The number of amides is 1. The number of nitrogens with zero attached hydrogens (tertiary/aromatic N) is 2. The first kappa shape index (κ1) is 22.2. The maximum Gasteiger partial charge on any atom is 0.225 e. The van der Waals surface area contributed by atoms with Gasteiger partial charge in [-0.1, -0.05) is 19.9 Å². The lowest BCUT2D eigenvalue weighted by Crippen LogP contribution is -2.45. The fourth-order valence-electron chi connectivity index (χ4n) is 4.13. The van der Waals surface area contributed by atoms with E-state index in [2.05, 4.69) is 21.7 Å². The van der Waals surface area contributed by atoms with Crippen LogP contribution in [0.15, 0.2) is 23.2 Å². The monoisotopic (exact) mass is 416 g/mol. The molecule has 166 valence electrons. The molecule has 1 atom stereocenters. The van der Waals surface area contributed by atoms with E-state index in [4.69, 9.17) is 9.47 Å². The Balaban J connectivity index is 1.54. The number of carbonyl (C=O) groups is 1. The first-order chi connectivity index (χ1) is 14.5. The van der Waals surface area contributed by atoms with Crippen LogP contribution in [-0.4, -0.2) is 56.2 Å². The lowest BCUT2D eigenvalue weighted by Gasteiger charge is -2.21. The van der Waals surface area contributed by atoms with Crippen LogP contribution in [0.5, 0.6) is 11.5 Å². The quantitative estimate of drug-likeness (QED) is 0.528. The van der Waals surface area contributed by atoms with E-state index < -0.39 is 0 Å². The average Bonchev–Trinajstić information content (AvgIpc) is 3.42. The van der Waals surface area contributed by atoms with Crippen molar-refractivity contribution in [2.24, 2.45) is 10.9 Å². The minimum Gasteiger partial charge on any atom is -0.493 e. The van der Waals surface area contributed by atoms with Crippen LogP contribution >= 0.6 is 0 Å². The first-order valence-electron chi connectivity index (χ1n) is 11.1. The second kappa shape index (κ2) is 10.5. The number of hydrogen-bond donors (Lipinski definition) is 2. The van der Waals surface area contributed by atoms with E-state index in [0.29, 0.717) is 6.54 Å². The van der Waals surface area contributed by atoms with Crippen molar-refractivity contribution in [3.63, 3.8) is 0 Å². The molecule has 7 nitrogen and oxygen atoms in total. The standard InChI is InChI=1S/C23H36N4O3/c1-16(2)22(28)27-12-11-18(15-27)26-23(24-3)25-14-17-9-10-20(29-4)21(13-17)30-19-7-5-6-8-19/h9-10,13,16,18-19H,5-8,11-12,14-15H2,1-4H3,(H2,24,25,26). The van der Waals surface area contributed by atoms with Gasteiger partial charge < -0.3 is 25.0 Å². The van der Waals surface area contributed by atoms with E-state index in [9.17, 15) is 4.79 Å². The number of methoxy groups -OCH3 is 1. The summed E-state index contributed by atoms with van der Waals surface area (Å²) < 4.78 is 11.7. The van der Waals surface area contributed by atoms with Crippen LogP contribution in [0, 0.1) is 5.92 Å². The van der Waals surface area contributed by atoms with Gasteiger partial charge in [0.1, 0.15) is 0 Å². The molecular weight excluding hydrogens is 380 g/mol. The summed E-state index contributed by atoms with van der Waals surface area (Å²) in [6.07, 6.45) is 5.91. The predicted molar refractivity (Wildman–Crippen MR) is 119 cm³/mol. The highest BCUT2D eigenvalue weighted by Gasteiger charge is 2.28. The lowest BCUT2D eigenvalue weighted by molar-refractivity contribution is -0.133. The predicted octanol–water partition coefficient (Wildman–Crippen LogP) is 2.94. The molecule has 1 saturated heterocycles. The maximum absolute atomic E-state index is 12.2. The van der Waals surface area contributed by atoms with Crippen molar-refractivity contribution >= 4 is 11.9 Å². The van der Waals surface area contributed by atoms with Crippen LogP contribution in [0.3, 0.4) is 0 Å². The van der Waals surface area contributed by atoms with E-state index in [1.54, 1.807) is 14.2 Å². The van der Waals surface area contributed by atoms with Crippen LogP contribution in [0.4, 0.5) is 0 Å². The van der Waals surface area contributed by atoms with Crippen LogP contribution in [-0.2, 0) is 11.3 Å². The lowest BCUT2D eigenvalue weighted by atomic mass is 10.2. The van der Waals surface area contributed by atoms with Gasteiger partial charge in [-0.15, -0.1) is 0 Å². The number of hydrogen-bond acceptors (Lipinski definition) is 4. The van der Waals surface area contributed by atoms with E-state index in [-0.39, 0.29) is 24.0 Å². The number of nitrogens with one attached hydrogen (secondary N) is 2.